The first-order valence-corrected chi connectivity index (χ1v) is 20.0. The molecule has 0 atom stereocenters. The van der Waals surface area contributed by atoms with Gasteiger partial charge in [0.2, 0.25) is 5.91 Å². The Labute approximate surface area is 333 Å². The molecule has 1 aliphatic heterocycles. The number of carbonyl (C=O) groups excluding carboxylic acids is 7. The van der Waals surface area contributed by atoms with E-state index in [1.807, 2.05) is 60.3 Å². The molecule has 0 aromatic heterocycles. The number of rotatable bonds is 31. The zero-order valence-corrected chi connectivity index (χ0v) is 35.2. The molecule has 0 fully saturated rings. The Bertz CT molecular complexity index is 1140. The summed E-state index contributed by atoms with van der Waals surface area (Å²) < 4.78 is 21.5. The van der Waals surface area contributed by atoms with E-state index in [1.165, 1.54) is 17.1 Å². The number of hydrogen-bond acceptors (Lipinski definition) is 14. The second kappa shape index (κ2) is 28.5. The van der Waals surface area contributed by atoms with Gasteiger partial charge in [0, 0.05) is 51.4 Å². The predicted molar refractivity (Wildman–Crippen MR) is 210 cm³/mol. The first kappa shape index (κ1) is 50.1. The molecule has 320 valence electrons. The zero-order chi connectivity index (χ0) is 42.0. The first-order valence-electron chi connectivity index (χ1n) is 20.0. The van der Waals surface area contributed by atoms with Gasteiger partial charge in [-0.2, -0.15) is 0 Å². The minimum Gasteiger partial charge on any atom is -0.464 e. The minimum absolute atomic E-state index is 0.0287. The van der Waals surface area contributed by atoms with Crippen molar-refractivity contribution in [1.29, 1.82) is 0 Å². The second-order valence-electron chi connectivity index (χ2n) is 15.9. The summed E-state index contributed by atoms with van der Waals surface area (Å²) in [7, 11) is 0. The topological polar surface area (TPSA) is 181 Å². The van der Waals surface area contributed by atoms with Crippen LogP contribution in [0.2, 0.25) is 0 Å². The highest BCUT2D eigenvalue weighted by Crippen LogP contribution is 2.08. The van der Waals surface area contributed by atoms with Crippen molar-refractivity contribution in [2.24, 2.45) is 23.7 Å². The lowest BCUT2D eigenvalue weighted by atomic mass is 10.2. The van der Waals surface area contributed by atoms with Crippen molar-refractivity contribution in [3.05, 3.63) is 12.2 Å². The van der Waals surface area contributed by atoms with Crippen LogP contribution in [-0.4, -0.2) is 160 Å². The maximum atomic E-state index is 13.2. The molecule has 3 amide bonds. The van der Waals surface area contributed by atoms with E-state index in [0.29, 0.717) is 25.9 Å². The van der Waals surface area contributed by atoms with Crippen molar-refractivity contribution in [3.63, 3.8) is 0 Å². The van der Waals surface area contributed by atoms with Crippen LogP contribution in [0.5, 0.6) is 0 Å². The van der Waals surface area contributed by atoms with E-state index in [0.717, 1.165) is 12.8 Å². The van der Waals surface area contributed by atoms with Gasteiger partial charge in [-0.25, -0.2) is 0 Å². The number of unbranched alkanes of at least 4 members (excludes halogenated alkanes) is 3. The summed E-state index contributed by atoms with van der Waals surface area (Å²) in [5, 5.41) is 2.94. The molecule has 0 saturated carbocycles. The largest absolute Gasteiger partial charge is 0.464 e. The van der Waals surface area contributed by atoms with Crippen molar-refractivity contribution in [2.75, 3.05) is 98.4 Å². The molecule has 0 unspecified atom stereocenters. The monoisotopic (exact) mass is 795 g/mol. The number of carbonyl (C=O) groups is 7. The molecule has 0 aromatic rings. The Hall–Kier alpha value is -3.89. The Balaban J connectivity index is 3.01. The van der Waals surface area contributed by atoms with Crippen molar-refractivity contribution in [3.8, 4) is 0 Å². The van der Waals surface area contributed by atoms with Crippen LogP contribution >= 0.6 is 0 Å². The molecular weight excluding hydrogens is 726 g/mol. The van der Waals surface area contributed by atoms with Crippen LogP contribution in [-0.2, 0) is 52.5 Å². The first-order chi connectivity index (χ1) is 26.4. The van der Waals surface area contributed by atoms with E-state index in [-0.39, 0.29) is 127 Å². The van der Waals surface area contributed by atoms with Gasteiger partial charge in [-0.3, -0.25) is 53.2 Å². The number of imide groups is 1. The third-order valence-corrected chi connectivity index (χ3v) is 8.08. The van der Waals surface area contributed by atoms with E-state index in [2.05, 4.69) is 5.32 Å². The van der Waals surface area contributed by atoms with E-state index in [4.69, 9.17) is 18.9 Å². The molecule has 16 heteroatoms. The SMILES string of the molecule is CC(C)COC(=O)CN(CCN(CCN(CC(=O)OCC(C)C)CC(=O)OCC(C)C)CC(=O)NCCCCCCN1C(=O)C=CC1=O)CC(=O)OCC(C)C. The quantitative estimate of drug-likeness (QED) is 0.0467. The highest BCUT2D eigenvalue weighted by atomic mass is 16.5. The standard InChI is InChI=1S/C40H69N5O11/c1-30(2)26-53-37(49)22-43(23-38(50)54-27-31(3)4)19-17-42(21-34(46)41-15-11-9-10-12-16-45-35(47)13-14-36(45)48)18-20-44(24-39(51)55-28-32(5)6)25-40(52)56-29-33(7)8/h13-14,30-33H,9-12,15-29H2,1-8H3,(H,41,46). The van der Waals surface area contributed by atoms with Crippen molar-refractivity contribution < 1.29 is 52.5 Å². The normalized spacial score (nSPS) is 12.9. The molecule has 1 heterocycles. The third kappa shape index (κ3) is 25.3. The number of nitrogens with zero attached hydrogens (tertiary/aromatic N) is 4. The van der Waals surface area contributed by atoms with E-state index < -0.39 is 23.9 Å². The van der Waals surface area contributed by atoms with Crippen LogP contribution in [0.1, 0.15) is 81.1 Å². The smallest absolute Gasteiger partial charge is 0.320 e. The maximum Gasteiger partial charge on any atom is 0.320 e. The lowest BCUT2D eigenvalue weighted by Gasteiger charge is -2.29. The number of hydrogen-bond donors (Lipinski definition) is 1. The summed E-state index contributed by atoms with van der Waals surface area (Å²) in [4.78, 5) is 93.9. The summed E-state index contributed by atoms with van der Waals surface area (Å²) in [6, 6.07) is 0. The Morgan fingerprint density at radius 2 is 0.857 bits per heavy atom. The number of amides is 3. The fourth-order valence-corrected chi connectivity index (χ4v) is 5.10. The summed E-state index contributed by atoms with van der Waals surface area (Å²) in [5.41, 5.74) is 0. The summed E-state index contributed by atoms with van der Waals surface area (Å²) in [6.07, 6.45) is 5.47. The molecule has 0 aromatic carbocycles. The van der Waals surface area contributed by atoms with Gasteiger partial charge in [-0.15, -0.1) is 0 Å². The summed E-state index contributed by atoms with van der Waals surface area (Å²) in [6.45, 7) is 17.4. The van der Waals surface area contributed by atoms with Crippen molar-refractivity contribution >= 4 is 41.6 Å². The molecule has 56 heavy (non-hydrogen) atoms. The summed E-state index contributed by atoms with van der Waals surface area (Å²) in [5.74, 6) is -2.25. The van der Waals surface area contributed by atoms with Gasteiger partial charge in [-0.1, -0.05) is 68.2 Å². The number of esters is 4. The Morgan fingerprint density at radius 3 is 1.21 bits per heavy atom. The van der Waals surface area contributed by atoms with E-state index >= 15 is 0 Å². The number of ether oxygens (including phenoxy) is 4. The Kier molecular flexibility index (Phi) is 25.5. The lowest BCUT2D eigenvalue weighted by molar-refractivity contribution is -0.151. The fraction of sp³-hybridized carbons (Fsp3) is 0.775. The molecule has 0 bridgehead atoms. The third-order valence-electron chi connectivity index (χ3n) is 8.08. The van der Waals surface area contributed by atoms with Crippen molar-refractivity contribution in [1.82, 2.24) is 24.9 Å². The molecule has 0 saturated heterocycles. The van der Waals surface area contributed by atoms with Gasteiger partial charge in [0.05, 0.1) is 59.2 Å². The molecule has 0 spiro atoms. The maximum absolute atomic E-state index is 13.2. The van der Waals surface area contributed by atoms with Crippen LogP contribution < -0.4 is 5.32 Å². The molecule has 1 aliphatic rings. The second-order valence-corrected chi connectivity index (χ2v) is 15.9. The van der Waals surface area contributed by atoms with Gasteiger partial charge >= 0.3 is 23.9 Å². The highest BCUT2D eigenvalue weighted by molar-refractivity contribution is 6.12. The molecule has 0 radical (unpaired) electrons. The molecular formula is C40H69N5O11. The van der Waals surface area contributed by atoms with Gasteiger partial charge in [0.15, 0.2) is 0 Å². The van der Waals surface area contributed by atoms with Crippen LogP contribution in [0.25, 0.3) is 0 Å². The molecule has 0 aliphatic carbocycles. The van der Waals surface area contributed by atoms with Crippen LogP contribution in [0.3, 0.4) is 0 Å². The number of nitrogens with one attached hydrogen (secondary N) is 1. The predicted octanol–water partition coefficient (Wildman–Crippen LogP) is 2.29. The Morgan fingerprint density at radius 1 is 0.518 bits per heavy atom. The van der Waals surface area contributed by atoms with Crippen LogP contribution in [0.15, 0.2) is 12.2 Å². The van der Waals surface area contributed by atoms with E-state index in [1.54, 1.807) is 9.80 Å². The lowest BCUT2D eigenvalue weighted by Crippen LogP contribution is -2.47. The fourth-order valence-electron chi connectivity index (χ4n) is 5.10. The molecule has 1 rings (SSSR count). The van der Waals surface area contributed by atoms with Gasteiger partial charge < -0.3 is 24.3 Å². The average Bonchev–Trinajstić information content (AvgIpc) is 3.44. The van der Waals surface area contributed by atoms with Gasteiger partial charge in [-0.05, 0) is 36.5 Å². The van der Waals surface area contributed by atoms with E-state index in [9.17, 15) is 33.6 Å². The summed E-state index contributed by atoms with van der Waals surface area (Å²) >= 11 is 0. The van der Waals surface area contributed by atoms with Crippen molar-refractivity contribution in [2.45, 2.75) is 81.1 Å². The highest BCUT2D eigenvalue weighted by Gasteiger charge is 2.24. The average molecular weight is 796 g/mol. The van der Waals surface area contributed by atoms with Gasteiger partial charge in [0.25, 0.3) is 11.8 Å². The minimum atomic E-state index is -0.485. The molecule has 1 N–H and O–H groups in total. The van der Waals surface area contributed by atoms with Crippen LogP contribution in [0, 0.1) is 23.7 Å². The zero-order valence-electron chi connectivity index (χ0n) is 35.2. The molecule has 16 nitrogen and oxygen atoms in total. The van der Waals surface area contributed by atoms with Crippen LogP contribution in [0.4, 0.5) is 0 Å². The van der Waals surface area contributed by atoms with Gasteiger partial charge in [0.1, 0.15) is 0 Å².